The Balaban J connectivity index is 0.00000272. The maximum Gasteiger partial charge on any atom is 0.191 e. The number of morpholine rings is 1. The van der Waals surface area contributed by atoms with E-state index in [0.29, 0.717) is 6.54 Å². The molecule has 1 aromatic heterocycles. The van der Waals surface area contributed by atoms with E-state index >= 15 is 0 Å². The Kier molecular flexibility index (Phi) is 9.05. The van der Waals surface area contributed by atoms with Gasteiger partial charge in [-0.2, -0.15) is 0 Å². The highest BCUT2D eigenvalue weighted by Gasteiger charge is 2.13. The van der Waals surface area contributed by atoms with E-state index in [0.717, 1.165) is 61.8 Å². The second-order valence-corrected chi connectivity index (χ2v) is 7.43. The van der Waals surface area contributed by atoms with Gasteiger partial charge in [-0.15, -0.1) is 24.0 Å². The molecule has 31 heavy (non-hydrogen) atoms. The summed E-state index contributed by atoms with van der Waals surface area (Å²) in [6.07, 6.45) is 1.84. The van der Waals surface area contributed by atoms with Gasteiger partial charge in [0.25, 0.3) is 0 Å². The van der Waals surface area contributed by atoms with Crippen LogP contribution in [0.4, 0.5) is 0 Å². The van der Waals surface area contributed by atoms with Gasteiger partial charge in [-0.25, -0.2) is 0 Å². The first-order valence-electron chi connectivity index (χ1n) is 10.5. The van der Waals surface area contributed by atoms with Crippen molar-refractivity contribution in [2.24, 2.45) is 4.99 Å². The third-order valence-corrected chi connectivity index (χ3v) is 5.45. The van der Waals surface area contributed by atoms with Crippen LogP contribution >= 0.6 is 24.0 Å². The van der Waals surface area contributed by atoms with E-state index in [1.807, 2.05) is 12.3 Å². The molecule has 0 bridgehead atoms. The van der Waals surface area contributed by atoms with Gasteiger partial charge in [-0.1, -0.05) is 48.5 Å². The van der Waals surface area contributed by atoms with E-state index in [1.165, 1.54) is 11.1 Å². The van der Waals surface area contributed by atoms with Crippen LogP contribution in [0.15, 0.2) is 65.8 Å². The summed E-state index contributed by atoms with van der Waals surface area (Å²) >= 11 is 0. The molecule has 1 aliphatic rings. The van der Waals surface area contributed by atoms with Crippen LogP contribution in [0.5, 0.6) is 0 Å². The third-order valence-electron chi connectivity index (χ3n) is 5.45. The Labute approximate surface area is 201 Å². The van der Waals surface area contributed by atoms with Gasteiger partial charge in [0.2, 0.25) is 0 Å². The Hall–Kier alpha value is -2.23. The van der Waals surface area contributed by atoms with Gasteiger partial charge in [-0.3, -0.25) is 14.9 Å². The fourth-order valence-corrected chi connectivity index (χ4v) is 3.77. The van der Waals surface area contributed by atoms with Gasteiger partial charge in [0.15, 0.2) is 5.96 Å². The van der Waals surface area contributed by atoms with Crippen molar-refractivity contribution in [3.8, 4) is 0 Å². The number of hydrogen-bond acceptors (Lipinski definition) is 4. The molecule has 0 atom stereocenters. The van der Waals surface area contributed by atoms with Crippen molar-refractivity contribution in [2.45, 2.75) is 19.6 Å². The average molecular weight is 531 g/mol. The maximum absolute atomic E-state index is 5.47. The normalized spacial score (nSPS) is 14.8. The molecule has 2 N–H and O–H groups in total. The Morgan fingerprint density at radius 1 is 0.935 bits per heavy atom. The standard InChI is InChI=1S/C24H29N5O.HI/c1-25-24(28-17-21-9-4-8-19-10-5-11-26-23(19)21)27-16-20-6-2-3-7-22(20)18-29-12-14-30-15-13-29;/h2-11H,12-18H2,1H3,(H2,25,27,28);1H. The van der Waals surface area contributed by atoms with Crippen LogP contribution in [0, 0.1) is 0 Å². The lowest BCUT2D eigenvalue weighted by Crippen LogP contribution is -2.37. The molecule has 0 unspecified atom stereocenters. The summed E-state index contributed by atoms with van der Waals surface area (Å²) in [5.74, 6) is 0.782. The largest absolute Gasteiger partial charge is 0.379 e. The van der Waals surface area contributed by atoms with Gasteiger partial charge >= 0.3 is 0 Å². The summed E-state index contributed by atoms with van der Waals surface area (Å²) in [5, 5.41) is 8.03. The second-order valence-electron chi connectivity index (χ2n) is 7.43. The molecule has 7 heteroatoms. The van der Waals surface area contributed by atoms with Crippen molar-refractivity contribution in [3.05, 3.63) is 77.5 Å². The number of halogens is 1. The lowest BCUT2D eigenvalue weighted by atomic mass is 10.1. The summed E-state index contributed by atoms with van der Waals surface area (Å²) < 4.78 is 5.47. The van der Waals surface area contributed by atoms with Gasteiger partial charge in [0.05, 0.1) is 18.7 Å². The maximum atomic E-state index is 5.47. The average Bonchev–Trinajstić information content (AvgIpc) is 2.81. The predicted octanol–water partition coefficient (Wildman–Crippen LogP) is 3.55. The van der Waals surface area contributed by atoms with E-state index in [-0.39, 0.29) is 24.0 Å². The fourth-order valence-electron chi connectivity index (χ4n) is 3.77. The lowest BCUT2D eigenvalue weighted by molar-refractivity contribution is 0.0341. The fraction of sp³-hybridized carbons (Fsp3) is 0.333. The molecule has 1 fully saturated rings. The molecular weight excluding hydrogens is 501 g/mol. The molecule has 4 rings (SSSR count). The molecule has 2 aromatic carbocycles. The molecule has 6 nitrogen and oxygen atoms in total. The van der Waals surface area contributed by atoms with Crippen LogP contribution in [0.3, 0.4) is 0 Å². The number of fused-ring (bicyclic) bond motifs is 1. The molecular formula is C24H30IN5O. The molecule has 0 aliphatic carbocycles. The number of benzene rings is 2. The van der Waals surface area contributed by atoms with E-state index in [4.69, 9.17) is 4.74 Å². The smallest absolute Gasteiger partial charge is 0.191 e. The van der Waals surface area contributed by atoms with Crippen molar-refractivity contribution in [2.75, 3.05) is 33.4 Å². The summed E-state index contributed by atoms with van der Waals surface area (Å²) in [4.78, 5) is 11.4. The number of pyridine rings is 1. The number of para-hydroxylation sites is 1. The summed E-state index contributed by atoms with van der Waals surface area (Å²) in [6, 6.07) is 18.9. The molecule has 1 saturated heterocycles. The molecule has 0 saturated carbocycles. The van der Waals surface area contributed by atoms with Crippen molar-refractivity contribution in [1.82, 2.24) is 20.5 Å². The number of ether oxygens (including phenoxy) is 1. The van der Waals surface area contributed by atoms with Gasteiger partial charge in [0, 0.05) is 51.4 Å². The number of nitrogens with one attached hydrogen (secondary N) is 2. The number of nitrogens with zero attached hydrogens (tertiary/aromatic N) is 3. The number of aromatic nitrogens is 1. The number of guanidine groups is 1. The van der Waals surface area contributed by atoms with E-state index in [2.05, 4.69) is 74.0 Å². The molecule has 0 spiro atoms. The second kappa shape index (κ2) is 12.0. The van der Waals surface area contributed by atoms with Crippen LogP contribution in [0.1, 0.15) is 16.7 Å². The predicted molar refractivity (Wildman–Crippen MR) is 137 cm³/mol. The van der Waals surface area contributed by atoms with Crippen LogP contribution < -0.4 is 10.6 Å². The zero-order chi connectivity index (χ0) is 20.6. The van der Waals surface area contributed by atoms with Crippen LogP contribution in [0.2, 0.25) is 0 Å². The third kappa shape index (κ3) is 6.38. The quantitative estimate of drug-likeness (QED) is 0.290. The van der Waals surface area contributed by atoms with E-state index < -0.39 is 0 Å². The van der Waals surface area contributed by atoms with Gasteiger partial charge in [0.1, 0.15) is 0 Å². The topological polar surface area (TPSA) is 61.8 Å². The number of aliphatic imine (C=N–C) groups is 1. The highest BCUT2D eigenvalue weighted by atomic mass is 127. The summed E-state index contributed by atoms with van der Waals surface area (Å²) in [5.41, 5.74) is 4.82. The zero-order valence-corrected chi connectivity index (χ0v) is 20.2. The zero-order valence-electron chi connectivity index (χ0n) is 17.9. The molecule has 0 radical (unpaired) electrons. The monoisotopic (exact) mass is 531 g/mol. The van der Waals surface area contributed by atoms with E-state index in [1.54, 1.807) is 7.05 Å². The van der Waals surface area contributed by atoms with Crippen LogP contribution in [0.25, 0.3) is 10.9 Å². The Morgan fingerprint density at radius 2 is 1.61 bits per heavy atom. The molecule has 0 amide bonds. The van der Waals surface area contributed by atoms with Crippen molar-refractivity contribution in [3.63, 3.8) is 0 Å². The minimum Gasteiger partial charge on any atom is -0.379 e. The van der Waals surface area contributed by atoms with Crippen LogP contribution in [-0.4, -0.2) is 49.2 Å². The first kappa shape index (κ1) is 23.4. The Bertz CT molecular complexity index is 999. The minimum atomic E-state index is 0. The highest BCUT2D eigenvalue weighted by Crippen LogP contribution is 2.16. The minimum absolute atomic E-state index is 0. The number of hydrogen-bond donors (Lipinski definition) is 2. The SMILES string of the molecule is CN=C(NCc1ccccc1CN1CCOCC1)NCc1cccc2cccnc12.I. The van der Waals surface area contributed by atoms with Gasteiger partial charge < -0.3 is 15.4 Å². The van der Waals surface area contributed by atoms with E-state index in [9.17, 15) is 0 Å². The highest BCUT2D eigenvalue weighted by molar-refractivity contribution is 14.0. The van der Waals surface area contributed by atoms with Gasteiger partial charge in [-0.05, 0) is 22.8 Å². The van der Waals surface area contributed by atoms with Crippen molar-refractivity contribution >= 4 is 40.8 Å². The van der Waals surface area contributed by atoms with Crippen molar-refractivity contribution < 1.29 is 4.74 Å². The summed E-state index contributed by atoms with van der Waals surface area (Å²) in [6.45, 7) is 5.97. The molecule has 1 aliphatic heterocycles. The molecule has 3 aromatic rings. The lowest BCUT2D eigenvalue weighted by Gasteiger charge is -2.27. The summed E-state index contributed by atoms with van der Waals surface area (Å²) in [7, 11) is 1.80. The molecule has 164 valence electrons. The number of rotatable bonds is 6. The Morgan fingerprint density at radius 3 is 2.39 bits per heavy atom. The first-order valence-corrected chi connectivity index (χ1v) is 10.5. The van der Waals surface area contributed by atoms with Crippen LogP contribution in [-0.2, 0) is 24.4 Å². The molecule has 2 heterocycles. The first-order chi connectivity index (χ1) is 14.8. The van der Waals surface area contributed by atoms with Crippen molar-refractivity contribution in [1.29, 1.82) is 0 Å².